The highest BCUT2D eigenvalue weighted by Crippen LogP contribution is 2.39. The van der Waals surface area contributed by atoms with E-state index in [0.717, 1.165) is 45.7 Å². The van der Waals surface area contributed by atoms with Crippen LogP contribution in [-0.2, 0) is 19.3 Å². The number of halogens is 3. The Morgan fingerprint density at radius 1 is 1.05 bits per heavy atom. The number of benzene rings is 3. The zero-order chi connectivity index (χ0) is 26.9. The topological polar surface area (TPSA) is 47.6 Å². The van der Waals surface area contributed by atoms with Crippen molar-refractivity contribution in [2.24, 2.45) is 4.99 Å². The molecular formula is C30H25F3N2O2S. The highest BCUT2D eigenvalue weighted by Gasteiger charge is 2.31. The normalized spacial score (nSPS) is 12.9. The van der Waals surface area contributed by atoms with Crippen LogP contribution in [0.3, 0.4) is 0 Å². The second kappa shape index (κ2) is 10.5. The minimum absolute atomic E-state index is 0.278. The number of ether oxygens (including phenoxy) is 1. The van der Waals surface area contributed by atoms with Gasteiger partial charge < -0.3 is 9.26 Å². The van der Waals surface area contributed by atoms with Crippen molar-refractivity contribution in [3.63, 3.8) is 0 Å². The molecule has 5 rings (SSSR count). The zero-order valence-corrected chi connectivity index (χ0v) is 21.7. The first-order valence-electron chi connectivity index (χ1n) is 12.2. The third kappa shape index (κ3) is 5.70. The fourth-order valence-electron chi connectivity index (χ4n) is 4.81. The fourth-order valence-corrected chi connectivity index (χ4v) is 5.03. The van der Waals surface area contributed by atoms with Crippen molar-refractivity contribution in [1.29, 1.82) is 0 Å². The first-order chi connectivity index (χ1) is 18.2. The molecule has 4 nitrogen and oxygen atoms in total. The van der Waals surface area contributed by atoms with E-state index in [4.69, 9.17) is 16.7 Å². The predicted octanol–water partition coefficient (Wildman–Crippen LogP) is 7.65. The summed E-state index contributed by atoms with van der Waals surface area (Å²) < 4.78 is 47.0. The van der Waals surface area contributed by atoms with Crippen molar-refractivity contribution in [3.05, 3.63) is 94.0 Å². The lowest BCUT2D eigenvalue weighted by atomic mass is 9.87. The van der Waals surface area contributed by atoms with E-state index in [-0.39, 0.29) is 5.75 Å². The van der Waals surface area contributed by atoms with E-state index in [1.807, 2.05) is 18.3 Å². The number of thiocarbonyl (C=S) groups is 1. The van der Waals surface area contributed by atoms with Crippen LogP contribution in [-0.4, -0.2) is 29.1 Å². The molecule has 0 atom stereocenters. The summed E-state index contributed by atoms with van der Waals surface area (Å²) in [6.45, 7) is 4.70. The van der Waals surface area contributed by atoms with Crippen LogP contribution in [0, 0.1) is 13.8 Å². The van der Waals surface area contributed by atoms with Gasteiger partial charge in [0, 0.05) is 34.2 Å². The van der Waals surface area contributed by atoms with Crippen LogP contribution >= 0.6 is 12.2 Å². The molecule has 4 aromatic rings. The van der Waals surface area contributed by atoms with Crippen LogP contribution in [0.1, 0.15) is 33.4 Å². The van der Waals surface area contributed by atoms with Gasteiger partial charge in [-0.3, -0.25) is 4.99 Å². The maximum absolute atomic E-state index is 12.5. The molecule has 1 heterocycles. The Kier molecular flexibility index (Phi) is 7.17. The van der Waals surface area contributed by atoms with Crippen molar-refractivity contribution in [3.8, 4) is 28.3 Å². The highest BCUT2D eigenvalue weighted by molar-refractivity contribution is 7.80. The lowest BCUT2D eigenvalue weighted by Gasteiger charge is -2.16. The van der Waals surface area contributed by atoms with E-state index < -0.39 is 6.36 Å². The van der Waals surface area contributed by atoms with Crippen LogP contribution < -0.4 is 4.74 Å². The lowest BCUT2D eigenvalue weighted by Crippen LogP contribution is -2.16. The number of alkyl halides is 3. The second-order valence-electron chi connectivity index (χ2n) is 9.38. The molecule has 8 heteroatoms. The second-order valence-corrected chi connectivity index (χ2v) is 9.96. The van der Waals surface area contributed by atoms with E-state index in [9.17, 15) is 13.2 Å². The molecule has 0 N–H and O–H groups in total. The summed E-state index contributed by atoms with van der Waals surface area (Å²) in [5.74, 6) is 0.285. The smallest absolute Gasteiger partial charge is 0.406 e. The number of fused-ring (bicyclic) bond motifs is 3. The minimum Gasteiger partial charge on any atom is -0.406 e. The van der Waals surface area contributed by atoms with Gasteiger partial charge in [0.1, 0.15) is 11.4 Å². The standard InChI is InChI=1S/C30H25F3N2O2S/c1-18-4-3-5-19(2)27(18)15-24(38)17-34-16-20-6-12-25-22(14-20)9-13-26-28(25)35-37-29(26)21-7-10-23(11-8-21)36-30(31,32)33/h3-8,10-12,14,16H,9,13,15,17H2,1-2H3. The monoisotopic (exact) mass is 534 g/mol. The summed E-state index contributed by atoms with van der Waals surface area (Å²) in [5.41, 5.74) is 9.24. The van der Waals surface area contributed by atoms with Crippen LogP contribution in [0.25, 0.3) is 22.6 Å². The maximum Gasteiger partial charge on any atom is 0.573 e. The molecule has 0 saturated carbocycles. The number of hydrogen-bond donors (Lipinski definition) is 0. The molecule has 3 aromatic carbocycles. The molecule has 194 valence electrons. The number of nitrogens with zero attached hydrogens (tertiary/aromatic N) is 2. The molecule has 0 saturated heterocycles. The average Bonchev–Trinajstić information content (AvgIpc) is 3.30. The van der Waals surface area contributed by atoms with E-state index in [0.29, 0.717) is 24.3 Å². The minimum atomic E-state index is -4.73. The van der Waals surface area contributed by atoms with Gasteiger partial charge in [-0.05, 0) is 84.8 Å². The van der Waals surface area contributed by atoms with E-state index >= 15 is 0 Å². The molecule has 0 fully saturated rings. The quantitative estimate of drug-likeness (QED) is 0.180. The van der Waals surface area contributed by atoms with Gasteiger partial charge in [-0.1, -0.05) is 47.7 Å². The van der Waals surface area contributed by atoms with Crippen LogP contribution in [0.5, 0.6) is 5.75 Å². The van der Waals surface area contributed by atoms with Crippen LogP contribution in [0.2, 0.25) is 0 Å². The molecule has 0 bridgehead atoms. The SMILES string of the molecule is Cc1cccc(C)c1CC(=S)CN=Cc1ccc2c(c1)CCc1c-2noc1-c1ccc(OC(F)(F)F)cc1. The fraction of sp³-hybridized carbons (Fsp3) is 0.233. The number of hydrogen-bond acceptors (Lipinski definition) is 5. The Hall–Kier alpha value is -3.78. The van der Waals surface area contributed by atoms with Gasteiger partial charge in [-0.15, -0.1) is 13.2 Å². The molecule has 0 spiro atoms. The van der Waals surface area contributed by atoms with Gasteiger partial charge in [0.2, 0.25) is 0 Å². The molecule has 1 aliphatic carbocycles. The number of rotatable bonds is 7. The summed E-state index contributed by atoms with van der Waals surface area (Å²) in [5, 5.41) is 4.29. The van der Waals surface area contributed by atoms with Crippen molar-refractivity contribution in [2.75, 3.05) is 6.54 Å². The predicted molar refractivity (Wildman–Crippen MR) is 146 cm³/mol. The Morgan fingerprint density at radius 2 is 1.79 bits per heavy atom. The molecule has 0 unspecified atom stereocenters. The van der Waals surface area contributed by atoms with E-state index in [1.54, 1.807) is 12.1 Å². The van der Waals surface area contributed by atoms with Gasteiger partial charge in [-0.25, -0.2) is 0 Å². The van der Waals surface area contributed by atoms with E-state index in [2.05, 4.69) is 53.0 Å². The van der Waals surface area contributed by atoms with Crippen molar-refractivity contribution < 1.29 is 22.4 Å². The Labute approximate surface area is 224 Å². The third-order valence-corrected chi connectivity index (χ3v) is 6.97. The van der Waals surface area contributed by atoms with Gasteiger partial charge in [0.15, 0.2) is 5.76 Å². The highest BCUT2D eigenvalue weighted by atomic mass is 32.1. The summed E-state index contributed by atoms with van der Waals surface area (Å²) in [4.78, 5) is 5.48. The molecule has 1 aliphatic rings. The van der Waals surface area contributed by atoms with Gasteiger partial charge in [-0.2, -0.15) is 0 Å². The maximum atomic E-state index is 12.5. The largest absolute Gasteiger partial charge is 0.573 e. The van der Waals surface area contributed by atoms with Crippen molar-refractivity contribution in [2.45, 2.75) is 39.5 Å². The third-order valence-electron chi connectivity index (χ3n) is 6.69. The molecular weight excluding hydrogens is 509 g/mol. The summed E-state index contributed by atoms with van der Waals surface area (Å²) in [6, 6.07) is 18.0. The van der Waals surface area contributed by atoms with E-state index in [1.165, 1.54) is 28.8 Å². The van der Waals surface area contributed by atoms with Crippen molar-refractivity contribution in [1.82, 2.24) is 5.16 Å². The van der Waals surface area contributed by atoms with Crippen LogP contribution in [0.15, 0.2) is 70.2 Å². The number of aryl methyl sites for hydroxylation is 3. The first-order valence-corrected chi connectivity index (χ1v) is 12.6. The first kappa shape index (κ1) is 25.9. The average molecular weight is 535 g/mol. The van der Waals surface area contributed by atoms with Gasteiger partial charge in [0.25, 0.3) is 0 Å². The number of aromatic nitrogens is 1. The molecule has 1 aromatic heterocycles. The zero-order valence-electron chi connectivity index (χ0n) is 20.9. The summed E-state index contributed by atoms with van der Waals surface area (Å²) in [6.07, 6.45) is -0.635. The van der Waals surface area contributed by atoms with Gasteiger partial charge >= 0.3 is 6.36 Å². The van der Waals surface area contributed by atoms with Crippen LogP contribution in [0.4, 0.5) is 13.2 Å². The lowest BCUT2D eigenvalue weighted by molar-refractivity contribution is -0.274. The number of aliphatic imine (C=N–C) groups is 1. The summed E-state index contributed by atoms with van der Waals surface area (Å²) >= 11 is 5.60. The molecule has 0 amide bonds. The Morgan fingerprint density at radius 3 is 2.50 bits per heavy atom. The summed E-state index contributed by atoms with van der Waals surface area (Å²) in [7, 11) is 0. The van der Waals surface area contributed by atoms with Crippen molar-refractivity contribution >= 4 is 23.3 Å². The molecule has 0 radical (unpaired) electrons. The Bertz CT molecular complexity index is 1500. The Balaban J connectivity index is 1.28. The van der Waals surface area contributed by atoms with Gasteiger partial charge in [0.05, 0.1) is 6.54 Å². The molecule has 0 aliphatic heterocycles. The molecule has 38 heavy (non-hydrogen) atoms.